The van der Waals surface area contributed by atoms with Gasteiger partial charge in [0.15, 0.2) is 0 Å². The van der Waals surface area contributed by atoms with Gasteiger partial charge in [0.05, 0.1) is 0 Å². The van der Waals surface area contributed by atoms with Crippen LogP contribution < -0.4 is 0 Å². The second kappa shape index (κ2) is 8.52. The van der Waals surface area contributed by atoms with Gasteiger partial charge in [-0.25, -0.2) is 0 Å². The first kappa shape index (κ1) is 15.5. The van der Waals surface area contributed by atoms with E-state index >= 15 is 0 Å². The molecule has 0 aliphatic heterocycles. The molecule has 0 bridgehead atoms. The zero-order valence-corrected chi connectivity index (χ0v) is 12.2. The first-order valence-electron chi connectivity index (χ1n) is 7.08. The molecule has 0 fully saturated rings. The summed E-state index contributed by atoms with van der Waals surface area (Å²) < 4.78 is 5.08. The Bertz CT molecular complexity index is 433. The normalized spacial score (nSPS) is 11.4. The van der Waals surface area contributed by atoms with E-state index in [4.69, 9.17) is 4.74 Å². The van der Waals surface area contributed by atoms with E-state index in [1.807, 2.05) is 0 Å². The molecule has 0 aliphatic carbocycles. The van der Waals surface area contributed by atoms with Gasteiger partial charge in [-0.1, -0.05) is 50.6 Å². The maximum absolute atomic E-state index is 10.9. The van der Waals surface area contributed by atoms with Crippen molar-refractivity contribution in [3.8, 4) is 0 Å². The van der Waals surface area contributed by atoms with Crippen LogP contribution in [0.25, 0.3) is 6.08 Å². The molecule has 0 unspecified atom stereocenters. The van der Waals surface area contributed by atoms with Gasteiger partial charge in [0.1, 0.15) is 6.61 Å². The summed E-state index contributed by atoms with van der Waals surface area (Å²) in [4.78, 5) is 10.9. The molecule has 0 N–H and O–H groups in total. The molecule has 0 heterocycles. The number of hydrogen-bond donors (Lipinski definition) is 0. The van der Waals surface area contributed by atoms with Crippen LogP contribution in [0.2, 0.25) is 0 Å². The first-order valence-corrected chi connectivity index (χ1v) is 7.08. The molecule has 0 spiro atoms. The van der Waals surface area contributed by atoms with Gasteiger partial charge in [0, 0.05) is 6.92 Å². The lowest BCUT2D eigenvalue weighted by molar-refractivity contribution is -0.139. The zero-order chi connectivity index (χ0) is 14.1. The monoisotopic (exact) mass is 260 g/mol. The number of rotatable bonds is 7. The fourth-order valence-corrected chi connectivity index (χ4v) is 1.93. The lowest BCUT2D eigenvalue weighted by Crippen LogP contribution is -2.03. The molecular weight excluding hydrogens is 236 g/mol. The molecule has 0 saturated carbocycles. The number of unbranched alkanes of at least 4 members (excludes halogenated alkanes) is 1. The fraction of sp³-hybridized carbons (Fsp3) is 0.471. The topological polar surface area (TPSA) is 26.3 Å². The van der Waals surface area contributed by atoms with Gasteiger partial charge in [-0.05, 0) is 36.0 Å². The lowest BCUT2D eigenvalue weighted by atomic mass is 9.99. The highest BCUT2D eigenvalue weighted by Gasteiger charge is 2.02. The maximum Gasteiger partial charge on any atom is 0.302 e. The minimum atomic E-state index is -0.224. The Morgan fingerprint density at radius 2 is 2.00 bits per heavy atom. The van der Waals surface area contributed by atoms with E-state index in [0.29, 0.717) is 6.61 Å². The Morgan fingerprint density at radius 3 is 2.63 bits per heavy atom. The standard InChI is InChI=1S/C17H24O2/c1-4-6-9-16-10-7-8-11-17(16)12-15(5-2)13-19-14(3)18/h7-8,10-12H,4-6,9,13H2,1-3H3. The number of hydrogen-bond acceptors (Lipinski definition) is 2. The Morgan fingerprint density at radius 1 is 1.26 bits per heavy atom. The Balaban J connectivity index is 2.84. The lowest BCUT2D eigenvalue weighted by Gasteiger charge is -2.09. The summed E-state index contributed by atoms with van der Waals surface area (Å²) in [5.74, 6) is -0.224. The van der Waals surface area contributed by atoms with E-state index in [1.54, 1.807) is 0 Å². The smallest absolute Gasteiger partial charge is 0.302 e. The molecule has 19 heavy (non-hydrogen) atoms. The van der Waals surface area contributed by atoms with Gasteiger partial charge in [-0.2, -0.15) is 0 Å². The SMILES string of the molecule is CCCCc1ccccc1C=C(CC)COC(C)=O. The van der Waals surface area contributed by atoms with Crippen LogP contribution in [-0.4, -0.2) is 12.6 Å². The number of ether oxygens (including phenoxy) is 1. The van der Waals surface area contributed by atoms with Crippen LogP contribution in [0.5, 0.6) is 0 Å². The molecule has 2 heteroatoms. The van der Waals surface area contributed by atoms with Crippen LogP contribution in [0.1, 0.15) is 51.2 Å². The van der Waals surface area contributed by atoms with Crippen LogP contribution in [0.15, 0.2) is 29.8 Å². The predicted molar refractivity (Wildman–Crippen MR) is 80.0 cm³/mol. The van der Waals surface area contributed by atoms with Crippen molar-refractivity contribution in [2.75, 3.05) is 6.61 Å². The number of benzene rings is 1. The van der Waals surface area contributed by atoms with Gasteiger partial charge in [-0.3, -0.25) is 4.79 Å². The minimum Gasteiger partial charge on any atom is -0.461 e. The van der Waals surface area contributed by atoms with Crippen molar-refractivity contribution < 1.29 is 9.53 Å². The van der Waals surface area contributed by atoms with E-state index < -0.39 is 0 Å². The van der Waals surface area contributed by atoms with Crippen molar-refractivity contribution in [2.45, 2.75) is 46.5 Å². The molecular formula is C17H24O2. The van der Waals surface area contributed by atoms with E-state index in [0.717, 1.165) is 18.4 Å². The average Bonchev–Trinajstić information content (AvgIpc) is 2.42. The molecule has 0 aliphatic rings. The van der Waals surface area contributed by atoms with Crippen LogP contribution in [0.4, 0.5) is 0 Å². The highest BCUT2D eigenvalue weighted by Crippen LogP contribution is 2.17. The number of carbonyl (C=O) groups is 1. The third-order valence-electron chi connectivity index (χ3n) is 3.13. The summed E-state index contributed by atoms with van der Waals surface area (Å²) in [6.07, 6.45) is 6.57. The Hall–Kier alpha value is -1.57. The summed E-state index contributed by atoms with van der Waals surface area (Å²) in [6.45, 7) is 6.14. The van der Waals surface area contributed by atoms with Crippen LogP contribution in [0, 0.1) is 0 Å². The quantitative estimate of drug-likeness (QED) is 0.680. The van der Waals surface area contributed by atoms with E-state index in [1.165, 1.54) is 30.9 Å². The molecule has 0 amide bonds. The second-order valence-corrected chi connectivity index (χ2v) is 4.74. The van der Waals surface area contributed by atoms with Crippen molar-refractivity contribution in [1.82, 2.24) is 0 Å². The highest BCUT2D eigenvalue weighted by molar-refractivity contribution is 5.66. The van der Waals surface area contributed by atoms with Crippen molar-refractivity contribution in [2.24, 2.45) is 0 Å². The van der Waals surface area contributed by atoms with Crippen LogP contribution in [0.3, 0.4) is 0 Å². The maximum atomic E-state index is 10.9. The second-order valence-electron chi connectivity index (χ2n) is 4.74. The van der Waals surface area contributed by atoms with Crippen molar-refractivity contribution in [1.29, 1.82) is 0 Å². The van der Waals surface area contributed by atoms with Gasteiger partial charge in [0.2, 0.25) is 0 Å². The number of esters is 1. The van der Waals surface area contributed by atoms with Crippen molar-refractivity contribution >= 4 is 12.0 Å². The molecule has 1 rings (SSSR count). The predicted octanol–water partition coefficient (Wildman–Crippen LogP) is 4.39. The summed E-state index contributed by atoms with van der Waals surface area (Å²) in [7, 11) is 0. The van der Waals surface area contributed by atoms with Gasteiger partial charge >= 0.3 is 5.97 Å². The Labute approximate surface area is 116 Å². The van der Waals surface area contributed by atoms with Gasteiger partial charge in [-0.15, -0.1) is 0 Å². The third kappa shape index (κ3) is 5.73. The van der Waals surface area contributed by atoms with E-state index in [-0.39, 0.29) is 5.97 Å². The number of carbonyl (C=O) groups excluding carboxylic acids is 1. The Kier molecular flexibility index (Phi) is 6.94. The zero-order valence-electron chi connectivity index (χ0n) is 12.2. The molecule has 104 valence electrons. The van der Waals surface area contributed by atoms with E-state index in [9.17, 15) is 4.79 Å². The summed E-state index contributed by atoms with van der Waals surface area (Å²) >= 11 is 0. The van der Waals surface area contributed by atoms with Crippen molar-refractivity contribution in [3.05, 3.63) is 41.0 Å². The molecule has 1 aromatic carbocycles. The third-order valence-corrected chi connectivity index (χ3v) is 3.13. The fourth-order valence-electron chi connectivity index (χ4n) is 1.93. The molecule has 0 aromatic heterocycles. The summed E-state index contributed by atoms with van der Waals surface area (Å²) in [5, 5.41) is 0. The molecule has 2 nitrogen and oxygen atoms in total. The molecule has 0 saturated heterocycles. The van der Waals surface area contributed by atoms with Gasteiger partial charge in [0.25, 0.3) is 0 Å². The number of aryl methyl sites for hydroxylation is 1. The van der Waals surface area contributed by atoms with Crippen molar-refractivity contribution in [3.63, 3.8) is 0 Å². The summed E-state index contributed by atoms with van der Waals surface area (Å²) in [6, 6.07) is 8.45. The average molecular weight is 260 g/mol. The molecule has 1 aromatic rings. The van der Waals surface area contributed by atoms with Gasteiger partial charge < -0.3 is 4.74 Å². The molecule has 0 atom stereocenters. The van der Waals surface area contributed by atoms with E-state index in [2.05, 4.69) is 44.2 Å². The van der Waals surface area contributed by atoms with Crippen LogP contribution in [-0.2, 0) is 16.0 Å². The first-order chi connectivity index (χ1) is 9.17. The largest absolute Gasteiger partial charge is 0.461 e. The minimum absolute atomic E-state index is 0.224. The molecule has 0 radical (unpaired) electrons. The van der Waals surface area contributed by atoms with Crippen LogP contribution >= 0.6 is 0 Å². The summed E-state index contributed by atoms with van der Waals surface area (Å²) in [5.41, 5.74) is 3.78. The highest BCUT2D eigenvalue weighted by atomic mass is 16.5.